The van der Waals surface area contributed by atoms with Gasteiger partial charge in [-0.2, -0.15) is 5.10 Å². The highest BCUT2D eigenvalue weighted by Crippen LogP contribution is 2.50. The first kappa shape index (κ1) is 19.9. The van der Waals surface area contributed by atoms with E-state index in [1.165, 1.54) is 0 Å². The van der Waals surface area contributed by atoms with Crippen LogP contribution < -0.4 is 14.2 Å². The van der Waals surface area contributed by atoms with Gasteiger partial charge in [-0.1, -0.05) is 46.3 Å². The van der Waals surface area contributed by atoms with Crippen LogP contribution in [-0.4, -0.2) is 24.4 Å². The Hall–Kier alpha value is -2.99. The molecular weight excluding hydrogens is 456 g/mol. The summed E-state index contributed by atoms with van der Waals surface area (Å²) in [5.41, 5.74) is 4.19. The zero-order chi connectivity index (χ0) is 21.4. The van der Waals surface area contributed by atoms with Crippen LogP contribution in [0, 0.1) is 0 Å². The van der Waals surface area contributed by atoms with Gasteiger partial charge in [-0.3, -0.25) is 0 Å². The van der Waals surface area contributed by atoms with Crippen LogP contribution in [0.25, 0.3) is 0 Å². The summed E-state index contributed by atoms with van der Waals surface area (Å²) in [6.45, 7) is 2.61. The molecule has 0 bridgehead atoms. The number of ether oxygens (including phenoxy) is 3. The first-order valence-corrected chi connectivity index (χ1v) is 11.1. The number of hydrazone groups is 1. The van der Waals surface area contributed by atoms with Crippen molar-refractivity contribution >= 4 is 21.6 Å². The Morgan fingerprint density at radius 1 is 1.06 bits per heavy atom. The third-order valence-electron chi connectivity index (χ3n) is 5.64. The van der Waals surface area contributed by atoms with Gasteiger partial charge in [0.25, 0.3) is 0 Å². The Bertz CT molecular complexity index is 1130. The summed E-state index contributed by atoms with van der Waals surface area (Å²) >= 11 is 3.59. The van der Waals surface area contributed by atoms with Crippen molar-refractivity contribution < 1.29 is 14.2 Å². The van der Waals surface area contributed by atoms with E-state index in [1.54, 1.807) is 7.11 Å². The molecule has 0 spiro atoms. The van der Waals surface area contributed by atoms with E-state index in [9.17, 15) is 0 Å². The minimum Gasteiger partial charge on any atom is -0.496 e. The molecule has 3 aromatic carbocycles. The maximum Gasteiger partial charge on any atom is 0.217 e. The fraction of sp³-hybridized carbons (Fsp3) is 0.240. The topological polar surface area (TPSA) is 43.3 Å². The van der Waals surface area contributed by atoms with Gasteiger partial charge in [-0.15, -0.1) is 0 Å². The molecule has 0 N–H and O–H groups in total. The quantitative estimate of drug-likeness (QED) is 0.444. The first-order chi connectivity index (χ1) is 15.2. The standard InChI is InChI=1S/C25H23BrN2O3/c1-3-30-18-10-12-24-19(14-18)22-15-21(16-7-5-4-6-8-16)27-28(22)25(31-24)20-13-17(26)9-11-23(20)29-2/h4-14,22,25H,3,15H2,1-2H3/t22-,25+/m0/s1. The van der Waals surface area contributed by atoms with Crippen LogP contribution in [0.3, 0.4) is 0 Å². The lowest BCUT2D eigenvalue weighted by Gasteiger charge is -2.38. The lowest BCUT2D eigenvalue weighted by molar-refractivity contribution is -0.0205. The monoisotopic (exact) mass is 478 g/mol. The molecule has 5 nitrogen and oxygen atoms in total. The van der Waals surface area contributed by atoms with Crippen molar-refractivity contribution in [3.05, 3.63) is 87.9 Å². The van der Waals surface area contributed by atoms with Crippen molar-refractivity contribution in [2.75, 3.05) is 13.7 Å². The zero-order valence-electron chi connectivity index (χ0n) is 17.4. The molecule has 2 heterocycles. The number of halogens is 1. The molecule has 0 aromatic heterocycles. The molecule has 0 aliphatic carbocycles. The Kier molecular flexibility index (Phi) is 5.32. The highest BCUT2D eigenvalue weighted by atomic mass is 79.9. The van der Waals surface area contributed by atoms with Gasteiger partial charge in [0.1, 0.15) is 17.2 Å². The molecule has 2 aliphatic heterocycles. The number of methoxy groups -OCH3 is 1. The Morgan fingerprint density at radius 3 is 2.68 bits per heavy atom. The minimum atomic E-state index is -0.399. The van der Waals surface area contributed by atoms with Crippen LogP contribution in [0.1, 0.15) is 42.3 Å². The smallest absolute Gasteiger partial charge is 0.217 e. The molecule has 2 atom stereocenters. The van der Waals surface area contributed by atoms with Crippen LogP contribution in [0.4, 0.5) is 0 Å². The number of rotatable bonds is 5. The molecule has 3 aromatic rings. The number of fused-ring (bicyclic) bond motifs is 3. The van der Waals surface area contributed by atoms with Crippen molar-refractivity contribution in [2.45, 2.75) is 25.6 Å². The molecule has 158 valence electrons. The number of hydrogen-bond acceptors (Lipinski definition) is 5. The maximum absolute atomic E-state index is 6.51. The van der Waals surface area contributed by atoms with Crippen molar-refractivity contribution in [1.82, 2.24) is 5.01 Å². The van der Waals surface area contributed by atoms with E-state index in [2.05, 4.69) is 39.1 Å². The van der Waals surface area contributed by atoms with Gasteiger partial charge in [-0.25, -0.2) is 5.01 Å². The van der Waals surface area contributed by atoms with Crippen molar-refractivity contribution in [3.63, 3.8) is 0 Å². The molecule has 0 unspecified atom stereocenters. The molecule has 2 aliphatic rings. The van der Waals surface area contributed by atoms with E-state index < -0.39 is 6.23 Å². The van der Waals surface area contributed by atoms with Crippen LogP contribution >= 0.6 is 15.9 Å². The van der Waals surface area contributed by atoms with E-state index in [0.29, 0.717) is 6.61 Å². The molecule has 31 heavy (non-hydrogen) atoms. The third kappa shape index (κ3) is 3.65. The Balaban J connectivity index is 1.63. The highest BCUT2D eigenvalue weighted by Gasteiger charge is 2.42. The first-order valence-electron chi connectivity index (χ1n) is 10.4. The largest absolute Gasteiger partial charge is 0.496 e. The third-order valence-corrected chi connectivity index (χ3v) is 6.13. The molecular formula is C25H23BrN2O3. The summed E-state index contributed by atoms with van der Waals surface area (Å²) in [6, 6.07) is 22.3. The second kappa shape index (κ2) is 8.27. The van der Waals surface area contributed by atoms with Crippen molar-refractivity contribution in [3.8, 4) is 17.2 Å². The van der Waals surface area contributed by atoms with Crippen LogP contribution in [0.5, 0.6) is 17.2 Å². The summed E-state index contributed by atoms with van der Waals surface area (Å²) in [6.07, 6.45) is 0.395. The summed E-state index contributed by atoms with van der Waals surface area (Å²) in [5.74, 6) is 2.46. The second-order valence-electron chi connectivity index (χ2n) is 7.50. The fourth-order valence-corrected chi connectivity index (χ4v) is 4.61. The molecule has 5 rings (SSSR count). The van der Waals surface area contributed by atoms with E-state index in [1.807, 2.05) is 55.5 Å². The zero-order valence-corrected chi connectivity index (χ0v) is 19.0. The van der Waals surface area contributed by atoms with Gasteiger partial charge < -0.3 is 14.2 Å². The van der Waals surface area contributed by atoms with Gasteiger partial charge in [0.2, 0.25) is 6.23 Å². The van der Waals surface area contributed by atoms with Crippen LogP contribution in [0.15, 0.2) is 76.3 Å². The fourth-order valence-electron chi connectivity index (χ4n) is 4.23. The lowest BCUT2D eigenvalue weighted by atomic mass is 9.95. The van der Waals surface area contributed by atoms with E-state index in [0.717, 1.165) is 50.5 Å². The molecule has 0 radical (unpaired) electrons. The number of nitrogens with zero attached hydrogens (tertiary/aromatic N) is 2. The average molecular weight is 479 g/mol. The predicted octanol–water partition coefficient (Wildman–Crippen LogP) is 6.10. The SMILES string of the molecule is CCOc1ccc2c(c1)[C@@H]1CC(c3ccccc3)=NN1[C@@H](c1cc(Br)ccc1OC)O2. The summed E-state index contributed by atoms with van der Waals surface area (Å²) < 4.78 is 18.9. The van der Waals surface area contributed by atoms with E-state index in [4.69, 9.17) is 19.3 Å². The minimum absolute atomic E-state index is 0.0491. The van der Waals surface area contributed by atoms with Gasteiger partial charge in [0.15, 0.2) is 0 Å². The predicted molar refractivity (Wildman–Crippen MR) is 124 cm³/mol. The molecule has 0 amide bonds. The lowest BCUT2D eigenvalue weighted by Crippen LogP contribution is -2.34. The van der Waals surface area contributed by atoms with Gasteiger partial charge >= 0.3 is 0 Å². The summed E-state index contributed by atoms with van der Waals surface area (Å²) in [5, 5.41) is 7.09. The number of hydrogen-bond donors (Lipinski definition) is 0. The van der Waals surface area contributed by atoms with Crippen LogP contribution in [0.2, 0.25) is 0 Å². The molecule has 0 saturated carbocycles. The second-order valence-corrected chi connectivity index (χ2v) is 8.42. The Morgan fingerprint density at radius 2 is 1.90 bits per heavy atom. The maximum atomic E-state index is 6.51. The average Bonchev–Trinajstić information content (AvgIpc) is 3.25. The highest BCUT2D eigenvalue weighted by molar-refractivity contribution is 9.10. The molecule has 6 heteroatoms. The van der Waals surface area contributed by atoms with Gasteiger partial charge in [0, 0.05) is 16.5 Å². The van der Waals surface area contributed by atoms with Gasteiger partial charge in [0.05, 0.1) is 31.0 Å². The molecule has 0 saturated heterocycles. The van der Waals surface area contributed by atoms with Crippen molar-refractivity contribution in [2.24, 2.45) is 5.10 Å². The van der Waals surface area contributed by atoms with Crippen molar-refractivity contribution in [1.29, 1.82) is 0 Å². The number of benzene rings is 3. The summed E-state index contributed by atoms with van der Waals surface area (Å²) in [7, 11) is 1.68. The van der Waals surface area contributed by atoms with Gasteiger partial charge in [-0.05, 0) is 48.9 Å². The normalized spacial score (nSPS) is 19.2. The summed E-state index contributed by atoms with van der Waals surface area (Å²) in [4.78, 5) is 0. The van der Waals surface area contributed by atoms with E-state index in [-0.39, 0.29) is 6.04 Å². The molecule has 0 fully saturated rings. The Labute approximate surface area is 190 Å². The van der Waals surface area contributed by atoms with Crippen LogP contribution in [-0.2, 0) is 0 Å². The van der Waals surface area contributed by atoms with E-state index >= 15 is 0 Å².